The lowest BCUT2D eigenvalue weighted by atomic mass is 9.87. The number of nitrogens with one attached hydrogen (secondary N) is 1. The summed E-state index contributed by atoms with van der Waals surface area (Å²) in [5, 5.41) is 7.41. The fraction of sp³-hybridized carbons (Fsp3) is 0.375. The van der Waals surface area contributed by atoms with Gasteiger partial charge in [0.05, 0.1) is 7.11 Å². The van der Waals surface area contributed by atoms with Gasteiger partial charge in [-0.1, -0.05) is 49.4 Å². The van der Waals surface area contributed by atoms with E-state index in [1.54, 1.807) is 7.11 Å². The first-order valence-electron chi connectivity index (χ1n) is 10.1. The number of aromatic nitrogens is 2. The molecule has 3 atom stereocenters. The number of rotatable bonds is 7. The fourth-order valence-corrected chi connectivity index (χ4v) is 4.37. The van der Waals surface area contributed by atoms with Crippen molar-refractivity contribution in [3.63, 3.8) is 0 Å². The number of aromatic amines is 1. The molecule has 1 fully saturated rings. The first-order valence-corrected chi connectivity index (χ1v) is 10.1. The van der Waals surface area contributed by atoms with E-state index >= 15 is 0 Å². The van der Waals surface area contributed by atoms with Crippen LogP contribution in [0.3, 0.4) is 0 Å². The van der Waals surface area contributed by atoms with E-state index in [4.69, 9.17) is 4.74 Å². The molecule has 0 bridgehead atoms. The molecule has 1 aliphatic heterocycles. The molecule has 4 rings (SSSR count). The number of nitrogens with zero attached hydrogens (tertiary/aromatic N) is 2. The van der Waals surface area contributed by atoms with Crippen LogP contribution in [0.4, 0.5) is 0 Å². The molecule has 4 nitrogen and oxygen atoms in total. The average molecular weight is 376 g/mol. The number of hydrogen-bond donors (Lipinski definition) is 1. The summed E-state index contributed by atoms with van der Waals surface area (Å²) in [6.45, 7) is 5.60. The first-order chi connectivity index (χ1) is 13.7. The highest BCUT2D eigenvalue weighted by molar-refractivity contribution is 5.33. The van der Waals surface area contributed by atoms with Crippen LogP contribution in [0.1, 0.15) is 47.9 Å². The number of ether oxygens (including phenoxy) is 1. The molecule has 4 heteroatoms. The predicted molar refractivity (Wildman–Crippen MR) is 113 cm³/mol. The van der Waals surface area contributed by atoms with Gasteiger partial charge in [0, 0.05) is 36.8 Å². The van der Waals surface area contributed by atoms with Crippen molar-refractivity contribution in [2.24, 2.45) is 0 Å². The lowest BCUT2D eigenvalue weighted by Gasteiger charge is -2.19. The lowest BCUT2D eigenvalue weighted by molar-refractivity contribution is 0.317. The van der Waals surface area contributed by atoms with Crippen molar-refractivity contribution < 1.29 is 4.74 Å². The van der Waals surface area contributed by atoms with Crippen molar-refractivity contribution >= 4 is 0 Å². The Bertz CT molecular complexity index is 845. The summed E-state index contributed by atoms with van der Waals surface area (Å²) in [6, 6.07) is 21.5. The maximum Gasteiger partial charge on any atom is 0.118 e. The van der Waals surface area contributed by atoms with Gasteiger partial charge in [0.15, 0.2) is 0 Å². The molecule has 146 valence electrons. The molecule has 3 aromatic rings. The van der Waals surface area contributed by atoms with Gasteiger partial charge in [0.1, 0.15) is 5.75 Å². The summed E-state index contributed by atoms with van der Waals surface area (Å²) in [6.07, 6.45) is 3.04. The molecule has 2 heterocycles. The van der Waals surface area contributed by atoms with Gasteiger partial charge in [-0.3, -0.25) is 5.10 Å². The first kappa shape index (κ1) is 18.8. The van der Waals surface area contributed by atoms with Crippen LogP contribution in [0.25, 0.3) is 0 Å². The van der Waals surface area contributed by atoms with Crippen LogP contribution in [-0.4, -0.2) is 41.8 Å². The van der Waals surface area contributed by atoms with E-state index in [9.17, 15) is 0 Å². The molecule has 0 spiro atoms. The standard InChI is InChI=1S/C24H29N3O/c1-18(19-6-4-3-5-7-19)13-15-27-16-22(20-8-10-21(28-2)11-9-20)23(17-27)24-12-14-25-26-24/h3-12,14,18,22-23H,13,15-17H2,1-2H3,(H,25,26)/t18?,22-,23+/m0/s1. The Morgan fingerprint density at radius 3 is 2.46 bits per heavy atom. The summed E-state index contributed by atoms with van der Waals surface area (Å²) >= 11 is 0. The second kappa shape index (κ2) is 8.61. The molecule has 0 aliphatic carbocycles. The Kier molecular flexibility index (Phi) is 5.77. The van der Waals surface area contributed by atoms with Crippen LogP contribution >= 0.6 is 0 Å². The van der Waals surface area contributed by atoms with Crippen molar-refractivity contribution in [2.45, 2.75) is 31.1 Å². The van der Waals surface area contributed by atoms with Gasteiger partial charge in [0.25, 0.3) is 0 Å². The smallest absolute Gasteiger partial charge is 0.118 e. The summed E-state index contributed by atoms with van der Waals surface area (Å²) in [4.78, 5) is 2.61. The number of likely N-dealkylation sites (tertiary alicyclic amines) is 1. The molecule has 0 radical (unpaired) electrons. The Morgan fingerprint density at radius 2 is 1.79 bits per heavy atom. The van der Waals surface area contributed by atoms with Gasteiger partial charge in [-0.15, -0.1) is 0 Å². The SMILES string of the molecule is COc1ccc([C@@H]2CN(CCC(C)c3ccccc3)C[C@H]2c2ccn[nH]2)cc1. The molecule has 2 aromatic carbocycles. The number of hydrogen-bond acceptors (Lipinski definition) is 3. The quantitative estimate of drug-likeness (QED) is 0.645. The largest absolute Gasteiger partial charge is 0.497 e. The Hall–Kier alpha value is -2.59. The number of benzene rings is 2. The molecule has 0 saturated carbocycles. The van der Waals surface area contributed by atoms with E-state index in [1.807, 2.05) is 6.20 Å². The summed E-state index contributed by atoms with van der Waals surface area (Å²) < 4.78 is 5.33. The average Bonchev–Trinajstić information content (AvgIpc) is 3.42. The van der Waals surface area contributed by atoms with Gasteiger partial charge in [-0.05, 0) is 48.2 Å². The third-order valence-electron chi connectivity index (χ3n) is 6.11. The van der Waals surface area contributed by atoms with E-state index in [0.29, 0.717) is 17.8 Å². The third kappa shape index (κ3) is 4.12. The van der Waals surface area contributed by atoms with E-state index in [0.717, 1.165) is 25.4 Å². The van der Waals surface area contributed by atoms with Crippen molar-refractivity contribution in [1.29, 1.82) is 0 Å². The molecule has 0 amide bonds. The highest BCUT2D eigenvalue weighted by Crippen LogP contribution is 2.39. The van der Waals surface area contributed by atoms with Gasteiger partial charge in [-0.2, -0.15) is 5.10 Å². The molecule has 1 aliphatic rings. The molecule has 28 heavy (non-hydrogen) atoms. The van der Waals surface area contributed by atoms with Crippen LogP contribution in [0, 0.1) is 0 Å². The van der Waals surface area contributed by atoms with E-state index in [1.165, 1.54) is 23.2 Å². The van der Waals surface area contributed by atoms with Crippen LogP contribution < -0.4 is 4.74 Å². The van der Waals surface area contributed by atoms with Crippen LogP contribution in [0.2, 0.25) is 0 Å². The second-order valence-corrected chi connectivity index (χ2v) is 7.86. The minimum Gasteiger partial charge on any atom is -0.497 e. The van der Waals surface area contributed by atoms with Crippen molar-refractivity contribution in [1.82, 2.24) is 15.1 Å². The highest BCUT2D eigenvalue weighted by Gasteiger charge is 2.35. The van der Waals surface area contributed by atoms with Crippen LogP contribution in [-0.2, 0) is 0 Å². The zero-order valence-corrected chi connectivity index (χ0v) is 16.7. The molecule has 1 aromatic heterocycles. The Labute approximate surface area is 167 Å². The van der Waals surface area contributed by atoms with Gasteiger partial charge >= 0.3 is 0 Å². The molecular weight excluding hydrogens is 346 g/mol. The predicted octanol–water partition coefficient (Wildman–Crippen LogP) is 4.80. The highest BCUT2D eigenvalue weighted by atomic mass is 16.5. The lowest BCUT2D eigenvalue weighted by Crippen LogP contribution is -2.23. The van der Waals surface area contributed by atoms with Crippen LogP contribution in [0.5, 0.6) is 5.75 Å². The van der Waals surface area contributed by atoms with Crippen molar-refractivity contribution in [3.8, 4) is 5.75 Å². The van der Waals surface area contributed by atoms with E-state index in [2.05, 4.69) is 82.7 Å². The summed E-state index contributed by atoms with van der Waals surface area (Å²) in [5.41, 5.74) is 4.04. The van der Waals surface area contributed by atoms with Gasteiger partial charge < -0.3 is 9.64 Å². The maximum absolute atomic E-state index is 5.33. The van der Waals surface area contributed by atoms with Gasteiger partial charge in [0.2, 0.25) is 0 Å². The van der Waals surface area contributed by atoms with Gasteiger partial charge in [-0.25, -0.2) is 0 Å². The monoisotopic (exact) mass is 375 g/mol. The van der Waals surface area contributed by atoms with E-state index in [-0.39, 0.29) is 0 Å². The molecule has 1 unspecified atom stereocenters. The molecule has 1 saturated heterocycles. The zero-order chi connectivity index (χ0) is 19.3. The second-order valence-electron chi connectivity index (χ2n) is 7.86. The Morgan fingerprint density at radius 1 is 1.04 bits per heavy atom. The topological polar surface area (TPSA) is 41.1 Å². The third-order valence-corrected chi connectivity index (χ3v) is 6.11. The Balaban J connectivity index is 1.46. The maximum atomic E-state index is 5.33. The van der Waals surface area contributed by atoms with Crippen molar-refractivity contribution in [3.05, 3.63) is 83.7 Å². The fourth-order valence-electron chi connectivity index (χ4n) is 4.37. The number of H-pyrrole nitrogens is 1. The van der Waals surface area contributed by atoms with Crippen molar-refractivity contribution in [2.75, 3.05) is 26.7 Å². The minimum absolute atomic E-state index is 0.447. The van der Waals surface area contributed by atoms with E-state index < -0.39 is 0 Å². The summed E-state index contributed by atoms with van der Waals surface area (Å²) in [5.74, 6) is 2.40. The van der Waals surface area contributed by atoms with Crippen LogP contribution in [0.15, 0.2) is 66.9 Å². The summed E-state index contributed by atoms with van der Waals surface area (Å²) in [7, 11) is 1.72. The minimum atomic E-state index is 0.447. The molecule has 1 N–H and O–H groups in total. The normalized spacial score (nSPS) is 20.9. The number of methoxy groups -OCH3 is 1. The zero-order valence-electron chi connectivity index (χ0n) is 16.7. The molecular formula is C24H29N3O.